The van der Waals surface area contributed by atoms with Gasteiger partial charge in [-0.25, -0.2) is 4.98 Å². The Morgan fingerprint density at radius 2 is 2.36 bits per heavy atom. The molecular formula is C14H18N6O2. The van der Waals surface area contributed by atoms with Gasteiger partial charge in [0.25, 0.3) is 11.7 Å². The molecule has 1 amide bonds. The number of nitrogens with zero attached hydrogens (tertiary/aromatic N) is 4. The van der Waals surface area contributed by atoms with Gasteiger partial charge in [-0.1, -0.05) is 5.16 Å². The van der Waals surface area contributed by atoms with Gasteiger partial charge in [-0.2, -0.15) is 4.98 Å². The van der Waals surface area contributed by atoms with Gasteiger partial charge in [-0.3, -0.25) is 9.69 Å². The van der Waals surface area contributed by atoms with Crippen molar-refractivity contribution in [3.05, 3.63) is 29.9 Å². The van der Waals surface area contributed by atoms with Gasteiger partial charge in [-0.05, 0) is 32.2 Å². The zero-order chi connectivity index (χ0) is 14.9. The maximum atomic E-state index is 11.9. The van der Waals surface area contributed by atoms with Crippen molar-refractivity contribution in [2.45, 2.75) is 44.3 Å². The first kappa shape index (κ1) is 13.4. The first-order chi connectivity index (χ1) is 10.8. The van der Waals surface area contributed by atoms with E-state index in [-0.39, 0.29) is 23.8 Å². The van der Waals surface area contributed by atoms with E-state index in [1.54, 1.807) is 6.20 Å². The lowest BCUT2D eigenvalue weighted by Crippen LogP contribution is -2.27. The normalized spacial score (nSPS) is 22.1. The topological polar surface area (TPSA) is 99.9 Å². The molecule has 2 aromatic heterocycles. The number of H-pyrrole nitrogens is 1. The molecule has 2 fully saturated rings. The molecule has 0 aromatic carbocycles. The summed E-state index contributed by atoms with van der Waals surface area (Å²) in [4.78, 5) is 25.8. The van der Waals surface area contributed by atoms with Gasteiger partial charge in [-0.15, -0.1) is 0 Å². The second kappa shape index (κ2) is 5.53. The van der Waals surface area contributed by atoms with E-state index in [1.165, 1.54) is 0 Å². The van der Waals surface area contributed by atoms with Crippen LogP contribution in [0, 0.1) is 0 Å². The minimum Gasteiger partial charge on any atom is -0.348 e. The number of hydrogen-bond acceptors (Lipinski definition) is 6. The Hall–Kier alpha value is -2.22. The third-order valence-electron chi connectivity index (χ3n) is 4.11. The number of rotatable bonds is 5. The van der Waals surface area contributed by atoms with E-state index in [2.05, 4.69) is 30.3 Å². The molecule has 1 saturated heterocycles. The fourth-order valence-corrected chi connectivity index (χ4v) is 2.81. The lowest BCUT2D eigenvalue weighted by Gasteiger charge is -2.19. The van der Waals surface area contributed by atoms with Gasteiger partial charge < -0.3 is 14.8 Å². The lowest BCUT2D eigenvalue weighted by atomic mass is 10.2. The Balaban J connectivity index is 1.45. The summed E-state index contributed by atoms with van der Waals surface area (Å²) in [6.07, 6.45) is 7.65. The summed E-state index contributed by atoms with van der Waals surface area (Å²) >= 11 is 0. The van der Waals surface area contributed by atoms with Crippen LogP contribution in [-0.4, -0.2) is 43.5 Å². The summed E-state index contributed by atoms with van der Waals surface area (Å²) in [5.41, 5.74) is 0. The van der Waals surface area contributed by atoms with E-state index in [1.807, 2.05) is 6.20 Å². The molecule has 3 heterocycles. The number of hydrogen-bond donors (Lipinski definition) is 2. The van der Waals surface area contributed by atoms with Crippen LogP contribution >= 0.6 is 0 Å². The minimum absolute atomic E-state index is 0.0556. The smallest absolute Gasteiger partial charge is 0.292 e. The summed E-state index contributed by atoms with van der Waals surface area (Å²) < 4.78 is 5.33. The van der Waals surface area contributed by atoms with E-state index in [0.717, 1.165) is 38.1 Å². The Kier molecular flexibility index (Phi) is 3.38. The van der Waals surface area contributed by atoms with Crippen LogP contribution in [0.4, 0.5) is 0 Å². The molecule has 2 aromatic rings. The van der Waals surface area contributed by atoms with E-state index in [4.69, 9.17) is 4.52 Å². The molecule has 0 radical (unpaired) electrons. The van der Waals surface area contributed by atoms with Crippen molar-refractivity contribution in [1.29, 1.82) is 0 Å². The monoisotopic (exact) mass is 302 g/mol. The van der Waals surface area contributed by atoms with Gasteiger partial charge in [0, 0.05) is 18.4 Å². The molecule has 0 spiro atoms. The van der Waals surface area contributed by atoms with Crippen LogP contribution in [0.15, 0.2) is 16.9 Å². The van der Waals surface area contributed by atoms with Crippen LogP contribution in [0.1, 0.15) is 54.1 Å². The third-order valence-corrected chi connectivity index (χ3v) is 4.11. The highest BCUT2D eigenvalue weighted by molar-refractivity contribution is 5.90. The SMILES string of the molecule is O=C(NC1CC1)c1noc([C@H]2CCCN2Cc2ncc[nH]2)n1. The Labute approximate surface area is 127 Å². The van der Waals surface area contributed by atoms with Crippen molar-refractivity contribution in [3.8, 4) is 0 Å². The molecule has 1 saturated carbocycles. The first-order valence-electron chi connectivity index (χ1n) is 7.66. The number of likely N-dealkylation sites (tertiary alicyclic amines) is 1. The zero-order valence-electron chi connectivity index (χ0n) is 12.2. The average Bonchev–Trinajstić information content (AvgIpc) is 2.98. The molecule has 0 bridgehead atoms. The Morgan fingerprint density at radius 1 is 1.45 bits per heavy atom. The quantitative estimate of drug-likeness (QED) is 0.855. The van der Waals surface area contributed by atoms with Crippen LogP contribution < -0.4 is 5.32 Å². The number of imidazole rings is 1. The molecule has 2 aliphatic rings. The molecule has 1 aliphatic heterocycles. The van der Waals surface area contributed by atoms with Gasteiger partial charge >= 0.3 is 0 Å². The fourth-order valence-electron chi connectivity index (χ4n) is 2.81. The molecule has 22 heavy (non-hydrogen) atoms. The molecule has 8 nitrogen and oxygen atoms in total. The standard InChI is InChI=1S/C14H18N6O2/c21-13(17-9-3-4-9)12-18-14(22-19-12)10-2-1-7-20(10)8-11-15-5-6-16-11/h5-6,9-10H,1-4,7-8H2,(H,15,16)(H,17,21)/t10-/m1/s1. The van der Waals surface area contributed by atoms with Gasteiger partial charge in [0.15, 0.2) is 0 Å². The number of nitrogens with one attached hydrogen (secondary N) is 2. The molecule has 8 heteroatoms. The van der Waals surface area contributed by atoms with Gasteiger partial charge in [0.05, 0.1) is 12.6 Å². The molecule has 4 rings (SSSR count). The number of amides is 1. The number of carbonyl (C=O) groups excluding carboxylic acids is 1. The predicted molar refractivity (Wildman–Crippen MR) is 75.8 cm³/mol. The van der Waals surface area contributed by atoms with Gasteiger partial charge in [0.2, 0.25) is 5.89 Å². The summed E-state index contributed by atoms with van der Waals surface area (Å²) in [5.74, 6) is 1.32. The highest BCUT2D eigenvalue weighted by Gasteiger charge is 2.32. The Bertz CT molecular complexity index is 648. The van der Waals surface area contributed by atoms with Gasteiger partial charge in [0.1, 0.15) is 5.82 Å². The largest absolute Gasteiger partial charge is 0.348 e. The van der Waals surface area contributed by atoms with Crippen LogP contribution in [0.5, 0.6) is 0 Å². The van der Waals surface area contributed by atoms with E-state index >= 15 is 0 Å². The van der Waals surface area contributed by atoms with Crippen molar-refractivity contribution in [1.82, 2.24) is 30.3 Å². The molecule has 2 N–H and O–H groups in total. The minimum atomic E-state index is -0.243. The summed E-state index contributed by atoms with van der Waals surface area (Å²) in [6.45, 7) is 1.67. The van der Waals surface area contributed by atoms with Crippen molar-refractivity contribution in [3.63, 3.8) is 0 Å². The second-order valence-electron chi connectivity index (χ2n) is 5.87. The highest BCUT2D eigenvalue weighted by atomic mass is 16.5. The van der Waals surface area contributed by atoms with Crippen LogP contribution in [0.3, 0.4) is 0 Å². The molecule has 1 aliphatic carbocycles. The number of aromatic amines is 1. The first-order valence-corrected chi connectivity index (χ1v) is 7.66. The van der Waals surface area contributed by atoms with E-state index in [0.29, 0.717) is 12.4 Å². The van der Waals surface area contributed by atoms with E-state index < -0.39 is 0 Å². The average molecular weight is 302 g/mol. The number of aromatic nitrogens is 4. The summed E-state index contributed by atoms with van der Waals surface area (Å²) in [7, 11) is 0. The van der Waals surface area contributed by atoms with Crippen LogP contribution in [-0.2, 0) is 6.54 Å². The summed E-state index contributed by atoms with van der Waals surface area (Å²) in [5, 5.41) is 6.69. The predicted octanol–water partition coefficient (Wildman–Crippen LogP) is 1.02. The van der Waals surface area contributed by atoms with Crippen LogP contribution in [0.2, 0.25) is 0 Å². The van der Waals surface area contributed by atoms with Crippen LogP contribution in [0.25, 0.3) is 0 Å². The fraction of sp³-hybridized carbons (Fsp3) is 0.571. The van der Waals surface area contributed by atoms with Crippen molar-refractivity contribution >= 4 is 5.91 Å². The number of carbonyl (C=O) groups is 1. The van der Waals surface area contributed by atoms with Crippen molar-refractivity contribution < 1.29 is 9.32 Å². The second-order valence-corrected chi connectivity index (χ2v) is 5.87. The Morgan fingerprint density at radius 3 is 3.14 bits per heavy atom. The highest BCUT2D eigenvalue weighted by Crippen LogP contribution is 2.31. The maximum Gasteiger partial charge on any atom is 0.292 e. The molecule has 0 unspecified atom stereocenters. The molecule has 116 valence electrons. The molecule has 1 atom stereocenters. The third kappa shape index (κ3) is 2.74. The van der Waals surface area contributed by atoms with Crippen molar-refractivity contribution in [2.24, 2.45) is 0 Å². The van der Waals surface area contributed by atoms with E-state index in [9.17, 15) is 4.79 Å². The lowest BCUT2D eigenvalue weighted by molar-refractivity contribution is 0.0937. The van der Waals surface area contributed by atoms with Crippen molar-refractivity contribution in [2.75, 3.05) is 6.54 Å². The zero-order valence-corrected chi connectivity index (χ0v) is 12.2. The maximum absolute atomic E-state index is 11.9. The summed E-state index contributed by atoms with van der Waals surface area (Å²) in [6, 6.07) is 0.344. The molecular weight excluding hydrogens is 284 g/mol.